The van der Waals surface area contributed by atoms with Crippen molar-refractivity contribution in [1.82, 2.24) is 0 Å². The molecule has 2 atom stereocenters. The van der Waals surface area contributed by atoms with Crippen molar-refractivity contribution >= 4 is 5.97 Å². The van der Waals surface area contributed by atoms with Crippen molar-refractivity contribution in [3.63, 3.8) is 0 Å². The van der Waals surface area contributed by atoms with Gasteiger partial charge in [-0.15, -0.1) is 0 Å². The summed E-state index contributed by atoms with van der Waals surface area (Å²) in [6.45, 7) is 3.27. The highest BCUT2D eigenvalue weighted by Gasteiger charge is 2.38. The molecule has 0 saturated heterocycles. The smallest absolute Gasteiger partial charge is 0.390 e. The molecule has 0 aliphatic carbocycles. The first-order chi connectivity index (χ1) is 6.69. The molecule has 2 unspecified atom stereocenters. The minimum atomic E-state index is -4.36. The molecule has 0 rings (SSSR count). The molecule has 0 amide bonds. The van der Waals surface area contributed by atoms with Gasteiger partial charge in [-0.2, -0.15) is 13.2 Å². The summed E-state index contributed by atoms with van der Waals surface area (Å²) >= 11 is 0. The van der Waals surface area contributed by atoms with Crippen molar-refractivity contribution in [3.05, 3.63) is 0 Å². The van der Waals surface area contributed by atoms with Gasteiger partial charge >= 0.3 is 12.1 Å². The lowest BCUT2D eigenvalue weighted by molar-refractivity contribution is -0.155. The minimum Gasteiger partial charge on any atom is -0.469 e. The Morgan fingerprint density at radius 3 is 2.13 bits per heavy atom. The molecule has 0 aromatic carbocycles. The first-order valence-electron chi connectivity index (χ1n) is 4.59. The van der Waals surface area contributed by atoms with E-state index in [1.54, 1.807) is 13.8 Å². The molecule has 2 N–H and O–H groups in total. The number of nitrogens with two attached hydrogens (primary N) is 1. The van der Waals surface area contributed by atoms with E-state index >= 15 is 0 Å². The first kappa shape index (κ1) is 14.2. The second-order valence-electron chi connectivity index (χ2n) is 3.78. The van der Waals surface area contributed by atoms with Gasteiger partial charge in [0.05, 0.1) is 19.4 Å². The zero-order valence-electron chi connectivity index (χ0n) is 8.97. The molecule has 0 aromatic heterocycles. The highest BCUT2D eigenvalue weighted by atomic mass is 19.4. The van der Waals surface area contributed by atoms with Crippen LogP contribution < -0.4 is 5.73 Å². The van der Waals surface area contributed by atoms with Gasteiger partial charge in [-0.3, -0.25) is 4.79 Å². The van der Waals surface area contributed by atoms with Crippen molar-refractivity contribution < 1.29 is 22.7 Å². The Hall–Kier alpha value is -0.780. The lowest BCUT2D eigenvalue weighted by Gasteiger charge is -2.25. The van der Waals surface area contributed by atoms with E-state index in [0.29, 0.717) is 0 Å². The number of hydrogen-bond donors (Lipinski definition) is 1. The summed E-state index contributed by atoms with van der Waals surface area (Å²) in [7, 11) is 1.14. The van der Waals surface area contributed by atoms with Gasteiger partial charge in [-0.25, -0.2) is 0 Å². The number of carbonyl (C=O) groups excluding carboxylic acids is 1. The van der Waals surface area contributed by atoms with Crippen molar-refractivity contribution in [2.24, 2.45) is 17.6 Å². The topological polar surface area (TPSA) is 52.3 Å². The van der Waals surface area contributed by atoms with Crippen LogP contribution in [0.3, 0.4) is 0 Å². The zero-order valence-corrected chi connectivity index (χ0v) is 8.97. The number of rotatable bonds is 4. The van der Waals surface area contributed by atoms with Crippen LogP contribution in [-0.2, 0) is 9.53 Å². The lowest BCUT2D eigenvalue weighted by Crippen LogP contribution is -2.42. The van der Waals surface area contributed by atoms with Gasteiger partial charge < -0.3 is 10.5 Å². The summed E-state index contributed by atoms with van der Waals surface area (Å²) in [6, 6.07) is -1.25. The molecule has 0 heterocycles. The van der Waals surface area contributed by atoms with E-state index in [1.807, 2.05) is 0 Å². The quantitative estimate of drug-likeness (QED) is 0.744. The third-order valence-electron chi connectivity index (χ3n) is 2.12. The van der Waals surface area contributed by atoms with E-state index in [2.05, 4.69) is 4.74 Å². The number of carbonyl (C=O) groups is 1. The van der Waals surface area contributed by atoms with Crippen LogP contribution in [0.1, 0.15) is 20.3 Å². The van der Waals surface area contributed by atoms with Crippen LogP contribution in [0, 0.1) is 11.8 Å². The van der Waals surface area contributed by atoms with Gasteiger partial charge in [0.2, 0.25) is 0 Å². The number of methoxy groups -OCH3 is 1. The van der Waals surface area contributed by atoms with Crippen molar-refractivity contribution in [2.45, 2.75) is 32.5 Å². The van der Waals surface area contributed by atoms with E-state index in [4.69, 9.17) is 5.73 Å². The van der Waals surface area contributed by atoms with Gasteiger partial charge in [0.15, 0.2) is 0 Å². The number of esters is 1. The van der Waals surface area contributed by atoms with Crippen LogP contribution in [0.15, 0.2) is 0 Å². The van der Waals surface area contributed by atoms with Crippen molar-refractivity contribution in [1.29, 1.82) is 0 Å². The van der Waals surface area contributed by atoms with E-state index in [0.717, 1.165) is 7.11 Å². The normalized spacial score (nSPS) is 16.3. The molecule has 0 aliphatic rings. The summed E-state index contributed by atoms with van der Waals surface area (Å²) in [5, 5.41) is 0. The Balaban J connectivity index is 4.57. The summed E-state index contributed by atoms with van der Waals surface area (Å²) < 4.78 is 40.6. The average Bonchev–Trinajstić information content (AvgIpc) is 1.99. The van der Waals surface area contributed by atoms with Gasteiger partial charge in [0.25, 0.3) is 0 Å². The monoisotopic (exact) mass is 227 g/mol. The maximum atomic E-state index is 12.1. The molecule has 0 aliphatic heterocycles. The van der Waals surface area contributed by atoms with Crippen LogP contribution in [0.5, 0.6) is 0 Å². The largest absolute Gasteiger partial charge is 0.469 e. The number of hydrogen-bond acceptors (Lipinski definition) is 3. The summed E-state index contributed by atoms with van der Waals surface area (Å²) in [6.07, 6.45) is -5.54. The Bertz CT molecular complexity index is 216. The van der Waals surface area contributed by atoms with E-state index in [9.17, 15) is 18.0 Å². The Kier molecular flexibility index (Phi) is 5.07. The molecule has 0 fully saturated rings. The zero-order chi connectivity index (χ0) is 12.2. The maximum Gasteiger partial charge on any atom is 0.390 e. The van der Waals surface area contributed by atoms with Gasteiger partial charge in [-0.1, -0.05) is 13.8 Å². The Morgan fingerprint density at radius 2 is 1.87 bits per heavy atom. The van der Waals surface area contributed by atoms with Gasteiger partial charge in [0.1, 0.15) is 0 Å². The number of halogens is 3. The lowest BCUT2D eigenvalue weighted by atomic mass is 9.87. The SMILES string of the molecule is COC(=O)C(C(C)C)C(N)CC(F)(F)F. The van der Waals surface area contributed by atoms with E-state index < -0.39 is 30.5 Å². The highest BCUT2D eigenvalue weighted by molar-refractivity contribution is 5.73. The number of ether oxygens (including phenoxy) is 1. The minimum absolute atomic E-state index is 0.283. The van der Waals surface area contributed by atoms with Crippen molar-refractivity contribution in [3.8, 4) is 0 Å². The molecule has 15 heavy (non-hydrogen) atoms. The summed E-state index contributed by atoms with van der Waals surface area (Å²) in [4.78, 5) is 11.2. The van der Waals surface area contributed by atoms with E-state index in [1.165, 1.54) is 0 Å². The van der Waals surface area contributed by atoms with Crippen molar-refractivity contribution in [2.75, 3.05) is 7.11 Å². The van der Waals surface area contributed by atoms with Crippen LogP contribution in [0.25, 0.3) is 0 Å². The van der Waals surface area contributed by atoms with Crippen LogP contribution in [0.4, 0.5) is 13.2 Å². The third-order valence-corrected chi connectivity index (χ3v) is 2.12. The summed E-state index contributed by atoms with van der Waals surface area (Å²) in [5.74, 6) is -1.90. The molecule has 0 saturated carbocycles. The Labute approximate surface area is 86.8 Å². The number of alkyl halides is 3. The molecule has 6 heteroatoms. The fourth-order valence-electron chi connectivity index (χ4n) is 1.47. The standard InChI is InChI=1S/C9H16F3NO2/c1-5(2)7(8(14)15-3)6(13)4-9(10,11)12/h5-7H,4,13H2,1-3H3. The second kappa shape index (κ2) is 5.34. The first-order valence-corrected chi connectivity index (χ1v) is 4.59. The van der Waals surface area contributed by atoms with Crippen LogP contribution >= 0.6 is 0 Å². The predicted molar refractivity (Wildman–Crippen MR) is 49.0 cm³/mol. The van der Waals surface area contributed by atoms with Gasteiger partial charge in [-0.05, 0) is 5.92 Å². The molecule has 0 aromatic rings. The van der Waals surface area contributed by atoms with E-state index in [-0.39, 0.29) is 5.92 Å². The second-order valence-corrected chi connectivity index (χ2v) is 3.78. The molecule has 0 radical (unpaired) electrons. The summed E-state index contributed by atoms with van der Waals surface area (Å²) in [5.41, 5.74) is 5.36. The van der Waals surface area contributed by atoms with Crippen LogP contribution in [-0.4, -0.2) is 25.3 Å². The predicted octanol–water partition coefficient (Wildman–Crippen LogP) is 1.71. The third kappa shape index (κ3) is 5.01. The molecule has 0 bridgehead atoms. The Morgan fingerprint density at radius 1 is 1.40 bits per heavy atom. The molecular weight excluding hydrogens is 211 g/mol. The highest BCUT2D eigenvalue weighted by Crippen LogP contribution is 2.27. The molecule has 0 spiro atoms. The van der Waals surface area contributed by atoms with Crippen LogP contribution in [0.2, 0.25) is 0 Å². The average molecular weight is 227 g/mol. The molecule has 90 valence electrons. The fourth-order valence-corrected chi connectivity index (χ4v) is 1.47. The molecule has 3 nitrogen and oxygen atoms in total. The maximum absolute atomic E-state index is 12.1. The van der Waals surface area contributed by atoms with Gasteiger partial charge in [0, 0.05) is 6.04 Å². The fraction of sp³-hybridized carbons (Fsp3) is 0.889. The molecular formula is C9H16F3NO2.